The van der Waals surface area contributed by atoms with E-state index in [2.05, 4.69) is 28.3 Å². The molecule has 4 heterocycles. The number of pyridine rings is 2. The van der Waals surface area contributed by atoms with Crippen LogP contribution in [0.25, 0.3) is 11.0 Å². The highest BCUT2D eigenvalue weighted by atomic mass is 16.2. The van der Waals surface area contributed by atoms with E-state index in [4.69, 9.17) is 4.98 Å². The molecule has 1 saturated heterocycles. The summed E-state index contributed by atoms with van der Waals surface area (Å²) >= 11 is 0. The third-order valence-corrected chi connectivity index (χ3v) is 6.01. The van der Waals surface area contributed by atoms with E-state index in [0.29, 0.717) is 30.6 Å². The third-order valence-electron chi connectivity index (χ3n) is 6.01. The molecule has 148 valence electrons. The van der Waals surface area contributed by atoms with Gasteiger partial charge in [-0.2, -0.15) is 5.10 Å². The summed E-state index contributed by atoms with van der Waals surface area (Å²) in [7, 11) is 1.55. The molecule has 5 rings (SSSR count). The minimum Gasteiger partial charge on any atom is -0.337 e. The van der Waals surface area contributed by atoms with Crippen LogP contribution in [-0.2, 0) is 7.05 Å². The second kappa shape index (κ2) is 7.06. The molecule has 1 amide bonds. The number of nitrogens with zero attached hydrogens (tertiary/aromatic N) is 5. The van der Waals surface area contributed by atoms with E-state index in [-0.39, 0.29) is 11.5 Å². The van der Waals surface area contributed by atoms with E-state index in [1.165, 1.54) is 35.2 Å². The highest BCUT2D eigenvalue weighted by molar-refractivity contribution is 5.92. The molecule has 3 aromatic heterocycles. The molecule has 0 aromatic carbocycles. The van der Waals surface area contributed by atoms with E-state index >= 15 is 0 Å². The maximum atomic E-state index is 12.7. The molecule has 2 aliphatic rings. The standard InChI is InChI=1S/C22H23N5O2/c1-26-20(28)7-6-19(25-26)22(29)27-10-8-15(9-11-27)18-5-4-16-12-17(14-2-3-14)13-23-21(16)24-18/h4-7,12-15H,2-3,8-11H2,1H3. The largest absolute Gasteiger partial charge is 0.337 e. The molecule has 7 nitrogen and oxygen atoms in total. The Morgan fingerprint density at radius 3 is 2.55 bits per heavy atom. The van der Waals surface area contributed by atoms with Gasteiger partial charge in [-0.3, -0.25) is 9.59 Å². The van der Waals surface area contributed by atoms with Crippen molar-refractivity contribution in [3.05, 3.63) is 63.8 Å². The van der Waals surface area contributed by atoms with Crippen LogP contribution in [0.3, 0.4) is 0 Å². The Hall–Kier alpha value is -3.09. The van der Waals surface area contributed by atoms with Gasteiger partial charge in [0.2, 0.25) is 0 Å². The first-order valence-corrected chi connectivity index (χ1v) is 10.2. The second-order valence-electron chi connectivity index (χ2n) is 8.07. The monoisotopic (exact) mass is 389 g/mol. The minimum absolute atomic E-state index is 0.125. The van der Waals surface area contributed by atoms with Crippen molar-refractivity contribution in [2.75, 3.05) is 13.1 Å². The molecule has 3 aromatic rings. The summed E-state index contributed by atoms with van der Waals surface area (Å²) in [6.07, 6.45) is 6.22. The Balaban J connectivity index is 1.28. The average Bonchev–Trinajstić information content (AvgIpc) is 3.60. The Labute approximate surface area is 168 Å². The Morgan fingerprint density at radius 2 is 1.83 bits per heavy atom. The Kier molecular flexibility index (Phi) is 4.38. The second-order valence-corrected chi connectivity index (χ2v) is 8.07. The summed E-state index contributed by atoms with van der Waals surface area (Å²) in [6, 6.07) is 9.34. The molecule has 0 bridgehead atoms. The van der Waals surface area contributed by atoms with Crippen LogP contribution in [0.4, 0.5) is 0 Å². The van der Waals surface area contributed by atoms with Crippen LogP contribution in [0.5, 0.6) is 0 Å². The molecule has 29 heavy (non-hydrogen) atoms. The number of likely N-dealkylation sites (tertiary alicyclic amines) is 1. The van der Waals surface area contributed by atoms with Crippen LogP contribution in [0, 0.1) is 0 Å². The van der Waals surface area contributed by atoms with Crippen molar-refractivity contribution < 1.29 is 4.79 Å². The van der Waals surface area contributed by atoms with Gasteiger partial charge in [0.1, 0.15) is 5.69 Å². The zero-order valence-corrected chi connectivity index (χ0v) is 16.4. The summed E-state index contributed by atoms with van der Waals surface area (Å²) in [5, 5.41) is 5.18. The van der Waals surface area contributed by atoms with E-state index in [9.17, 15) is 9.59 Å². The van der Waals surface area contributed by atoms with Crippen molar-refractivity contribution in [1.29, 1.82) is 0 Å². The van der Waals surface area contributed by atoms with Crippen LogP contribution in [0.2, 0.25) is 0 Å². The predicted octanol–water partition coefficient (Wildman–Crippen LogP) is 2.62. The molecule has 0 N–H and O–H groups in total. The fourth-order valence-corrected chi connectivity index (χ4v) is 4.07. The SMILES string of the molecule is Cn1nc(C(=O)N2CCC(c3ccc4cc(C5CC5)cnc4n3)CC2)ccc1=O. The molecular formula is C22H23N5O2. The number of hydrogen-bond acceptors (Lipinski definition) is 5. The zero-order chi connectivity index (χ0) is 20.0. The molecule has 0 spiro atoms. The van der Waals surface area contributed by atoms with Gasteiger partial charge < -0.3 is 4.90 Å². The van der Waals surface area contributed by atoms with E-state index in [1.807, 2.05) is 11.1 Å². The first-order valence-electron chi connectivity index (χ1n) is 10.2. The van der Waals surface area contributed by atoms with Crippen molar-refractivity contribution in [3.8, 4) is 0 Å². The molecule has 7 heteroatoms. The lowest BCUT2D eigenvalue weighted by atomic mass is 9.92. The zero-order valence-electron chi connectivity index (χ0n) is 16.4. The van der Waals surface area contributed by atoms with Crippen LogP contribution in [0.1, 0.15) is 59.3 Å². The lowest BCUT2D eigenvalue weighted by Gasteiger charge is -2.31. The van der Waals surface area contributed by atoms with Gasteiger partial charge in [-0.05, 0) is 61.4 Å². The van der Waals surface area contributed by atoms with Gasteiger partial charge in [0, 0.05) is 49.4 Å². The van der Waals surface area contributed by atoms with Crippen molar-refractivity contribution in [1.82, 2.24) is 24.6 Å². The van der Waals surface area contributed by atoms with Gasteiger partial charge in [-0.25, -0.2) is 14.6 Å². The molecule has 0 radical (unpaired) electrons. The van der Waals surface area contributed by atoms with Crippen LogP contribution >= 0.6 is 0 Å². The fourth-order valence-electron chi connectivity index (χ4n) is 4.07. The van der Waals surface area contributed by atoms with Gasteiger partial charge in [0.05, 0.1) is 0 Å². The van der Waals surface area contributed by atoms with Gasteiger partial charge in [0.25, 0.3) is 11.5 Å². The summed E-state index contributed by atoms with van der Waals surface area (Å²) in [5.41, 5.74) is 3.27. The van der Waals surface area contributed by atoms with E-state index in [0.717, 1.165) is 29.6 Å². The maximum Gasteiger partial charge on any atom is 0.274 e. The van der Waals surface area contributed by atoms with Crippen molar-refractivity contribution >= 4 is 16.9 Å². The third kappa shape index (κ3) is 3.52. The molecule has 0 atom stereocenters. The maximum absolute atomic E-state index is 12.7. The predicted molar refractivity (Wildman–Crippen MR) is 109 cm³/mol. The van der Waals surface area contributed by atoms with E-state index < -0.39 is 0 Å². The lowest BCUT2D eigenvalue weighted by molar-refractivity contribution is 0.0703. The number of carbonyl (C=O) groups is 1. The average molecular weight is 389 g/mol. The summed E-state index contributed by atoms with van der Waals surface area (Å²) in [4.78, 5) is 35.4. The number of aryl methyl sites for hydroxylation is 1. The number of piperidine rings is 1. The highest BCUT2D eigenvalue weighted by Crippen LogP contribution is 2.40. The summed E-state index contributed by atoms with van der Waals surface area (Å²) < 4.78 is 1.20. The number of hydrogen-bond donors (Lipinski definition) is 0. The highest BCUT2D eigenvalue weighted by Gasteiger charge is 2.27. The molecule has 1 saturated carbocycles. The van der Waals surface area contributed by atoms with Crippen LogP contribution in [-0.4, -0.2) is 43.6 Å². The number of aromatic nitrogens is 4. The molecule has 0 unspecified atom stereocenters. The van der Waals surface area contributed by atoms with Gasteiger partial charge in [-0.1, -0.05) is 0 Å². The summed E-state index contributed by atoms with van der Waals surface area (Å²) in [5.74, 6) is 0.885. The van der Waals surface area contributed by atoms with Crippen molar-refractivity contribution in [2.45, 2.75) is 37.5 Å². The lowest BCUT2D eigenvalue weighted by Crippen LogP contribution is -2.39. The Bertz CT molecular complexity index is 1140. The van der Waals surface area contributed by atoms with Crippen molar-refractivity contribution in [2.24, 2.45) is 7.05 Å². The number of carbonyl (C=O) groups excluding carboxylic acids is 1. The molecular weight excluding hydrogens is 366 g/mol. The number of fused-ring (bicyclic) bond motifs is 1. The first-order chi connectivity index (χ1) is 14.1. The summed E-state index contributed by atoms with van der Waals surface area (Å²) in [6.45, 7) is 1.31. The smallest absolute Gasteiger partial charge is 0.274 e. The van der Waals surface area contributed by atoms with Crippen molar-refractivity contribution in [3.63, 3.8) is 0 Å². The normalized spacial score (nSPS) is 17.6. The topological polar surface area (TPSA) is 81.0 Å². The van der Waals surface area contributed by atoms with Crippen LogP contribution in [0.15, 0.2) is 41.3 Å². The van der Waals surface area contributed by atoms with E-state index in [1.54, 1.807) is 7.05 Å². The van der Waals surface area contributed by atoms with Gasteiger partial charge in [-0.15, -0.1) is 0 Å². The van der Waals surface area contributed by atoms with Gasteiger partial charge >= 0.3 is 0 Å². The van der Waals surface area contributed by atoms with Gasteiger partial charge in [0.15, 0.2) is 5.65 Å². The molecule has 1 aliphatic carbocycles. The molecule has 2 fully saturated rings. The Morgan fingerprint density at radius 1 is 1.03 bits per heavy atom. The fraction of sp³-hybridized carbons (Fsp3) is 0.409. The number of amides is 1. The number of rotatable bonds is 3. The first kappa shape index (κ1) is 18.0. The van der Waals surface area contributed by atoms with Crippen LogP contribution < -0.4 is 5.56 Å². The quantitative estimate of drug-likeness (QED) is 0.688. The molecule has 1 aliphatic heterocycles. The minimum atomic E-state index is -0.222.